The van der Waals surface area contributed by atoms with E-state index in [-0.39, 0.29) is 11.1 Å². The maximum Gasteiger partial charge on any atom is 0.260 e. The van der Waals surface area contributed by atoms with E-state index in [0.717, 1.165) is 43.5 Å². The molecule has 21 heavy (non-hydrogen) atoms. The van der Waals surface area contributed by atoms with Crippen LogP contribution < -0.4 is 10.0 Å². The van der Waals surface area contributed by atoms with Crippen molar-refractivity contribution in [3.05, 3.63) is 11.3 Å². The van der Waals surface area contributed by atoms with E-state index >= 15 is 0 Å². The lowest BCUT2D eigenvalue weighted by Crippen LogP contribution is -2.38. The first-order valence-electron chi connectivity index (χ1n) is 7.79. The topological polar surface area (TPSA) is 86.9 Å². The van der Waals surface area contributed by atoms with Gasteiger partial charge in [-0.3, -0.25) is 5.10 Å². The molecule has 0 amide bonds. The number of H-pyrrole nitrogens is 1. The largest absolute Gasteiger partial charge is 0.313 e. The fourth-order valence-corrected chi connectivity index (χ4v) is 4.40. The van der Waals surface area contributed by atoms with Crippen molar-refractivity contribution in [2.24, 2.45) is 11.8 Å². The van der Waals surface area contributed by atoms with Gasteiger partial charge in [0.1, 0.15) is 0 Å². The van der Waals surface area contributed by atoms with Crippen molar-refractivity contribution in [3.63, 3.8) is 0 Å². The van der Waals surface area contributed by atoms with Crippen LogP contribution >= 0.6 is 0 Å². The van der Waals surface area contributed by atoms with Gasteiger partial charge in [-0.25, -0.2) is 13.1 Å². The van der Waals surface area contributed by atoms with Gasteiger partial charge in [0.25, 0.3) is 10.0 Å². The summed E-state index contributed by atoms with van der Waals surface area (Å²) in [4.78, 5) is 0. The molecule has 0 aromatic carbocycles. The monoisotopic (exact) mass is 312 g/mol. The second kappa shape index (κ2) is 5.70. The summed E-state index contributed by atoms with van der Waals surface area (Å²) in [7, 11) is -3.54. The molecule has 2 fully saturated rings. The fourth-order valence-electron chi connectivity index (χ4n) is 2.83. The summed E-state index contributed by atoms with van der Waals surface area (Å²) in [6.45, 7) is 5.17. The van der Waals surface area contributed by atoms with Crippen LogP contribution in [0.25, 0.3) is 0 Å². The number of aryl methyl sites for hydroxylation is 1. The number of aromatic nitrogens is 2. The maximum atomic E-state index is 12.7. The average Bonchev–Trinajstić information content (AvgIpc) is 3.33. The van der Waals surface area contributed by atoms with Gasteiger partial charge in [0.2, 0.25) is 0 Å². The molecule has 0 spiro atoms. The molecule has 3 N–H and O–H groups in total. The number of hydrogen-bond donors (Lipinski definition) is 3. The molecule has 3 rings (SSSR count). The van der Waals surface area contributed by atoms with Crippen LogP contribution in [0.5, 0.6) is 0 Å². The third-order valence-electron chi connectivity index (χ3n) is 4.39. The summed E-state index contributed by atoms with van der Waals surface area (Å²) in [6.07, 6.45) is 4.59. The van der Waals surface area contributed by atoms with Crippen molar-refractivity contribution in [2.75, 3.05) is 6.54 Å². The molecule has 1 heterocycles. The highest BCUT2D eigenvalue weighted by atomic mass is 32.2. The molecule has 0 radical (unpaired) electrons. The highest BCUT2D eigenvalue weighted by molar-refractivity contribution is 7.89. The van der Waals surface area contributed by atoms with E-state index in [4.69, 9.17) is 0 Å². The predicted molar refractivity (Wildman–Crippen MR) is 80.3 cm³/mol. The molecule has 1 aromatic rings. The van der Waals surface area contributed by atoms with Crippen LogP contribution in [0.2, 0.25) is 0 Å². The van der Waals surface area contributed by atoms with Crippen molar-refractivity contribution in [1.29, 1.82) is 0 Å². The molecule has 7 heteroatoms. The van der Waals surface area contributed by atoms with Gasteiger partial charge in [-0.1, -0.05) is 6.92 Å². The van der Waals surface area contributed by atoms with E-state index in [0.29, 0.717) is 18.4 Å². The maximum absolute atomic E-state index is 12.7. The Labute approximate surface area is 126 Å². The van der Waals surface area contributed by atoms with Crippen LogP contribution in [-0.4, -0.2) is 31.2 Å². The second-order valence-electron chi connectivity index (χ2n) is 6.23. The molecule has 2 aliphatic rings. The van der Waals surface area contributed by atoms with E-state index in [9.17, 15) is 8.42 Å². The summed E-state index contributed by atoms with van der Waals surface area (Å²) < 4.78 is 28.3. The first-order chi connectivity index (χ1) is 10.0. The number of rotatable bonds is 8. The Morgan fingerprint density at radius 1 is 1.29 bits per heavy atom. The number of nitrogens with one attached hydrogen (secondary N) is 3. The Kier molecular flexibility index (Phi) is 4.07. The molecule has 1 aromatic heterocycles. The zero-order valence-electron chi connectivity index (χ0n) is 12.6. The van der Waals surface area contributed by atoms with Crippen molar-refractivity contribution in [1.82, 2.24) is 20.2 Å². The molecule has 0 bridgehead atoms. The van der Waals surface area contributed by atoms with Gasteiger partial charge in [-0.05, 0) is 51.0 Å². The van der Waals surface area contributed by atoms with Gasteiger partial charge < -0.3 is 5.32 Å². The lowest BCUT2D eigenvalue weighted by atomic mass is 10.1. The normalized spacial score (nSPS) is 19.4. The fraction of sp³-hybridized carbons (Fsp3) is 0.786. The Morgan fingerprint density at radius 3 is 2.43 bits per heavy atom. The lowest BCUT2D eigenvalue weighted by molar-refractivity contribution is 0.469. The molecular formula is C14H24N4O2S. The van der Waals surface area contributed by atoms with Crippen molar-refractivity contribution in [3.8, 4) is 0 Å². The standard InChI is InChI=1S/C14H24N4O2S/c1-3-15-8-12-9(2)16-17-14(12)21(19,20)18-13(10-4-5-10)11-6-7-11/h10-11,13,15,18H,3-8H2,1-2H3,(H,16,17). The van der Waals surface area contributed by atoms with Gasteiger partial charge >= 0.3 is 0 Å². The van der Waals surface area contributed by atoms with Crippen molar-refractivity contribution < 1.29 is 8.42 Å². The average molecular weight is 312 g/mol. The first kappa shape index (κ1) is 15.0. The molecule has 6 nitrogen and oxygen atoms in total. The van der Waals surface area contributed by atoms with E-state index in [1.54, 1.807) is 0 Å². The summed E-state index contributed by atoms with van der Waals surface area (Å²) in [5, 5.41) is 10.2. The third kappa shape index (κ3) is 3.30. The van der Waals surface area contributed by atoms with Crippen LogP contribution in [-0.2, 0) is 16.6 Å². The van der Waals surface area contributed by atoms with Gasteiger partial charge in [-0.15, -0.1) is 0 Å². The van der Waals surface area contributed by atoms with Gasteiger partial charge in [-0.2, -0.15) is 5.10 Å². The van der Waals surface area contributed by atoms with Crippen LogP contribution in [0.4, 0.5) is 0 Å². The Balaban J connectivity index is 1.80. The van der Waals surface area contributed by atoms with Crippen molar-refractivity contribution in [2.45, 2.75) is 57.1 Å². The van der Waals surface area contributed by atoms with Crippen LogP contribution in [0.1, 0.15) is 43.9 Å². The quantitative estimate of drug-likeness (QED) is 0.675. The molecule has 2 aliphatic carbocycles. The molecule has 118 valence electrons. The minimum Gasteiger partial charge on any atom is -0.313 e. The minimum absolute atomic E-state index is 0.110. The Bertz CT molecular complexity index is 590. The third-order valence-corrected chi connectivity index (χ3v) is 5.82. The molecule has 2 saturated carbocycles. The Morgan fingerprint density at radius 2 is 1.90 bits per heavy atom. The second-order valence-corrected chi connectivity index (χ2v) is 7.86. The van der Waals surface area contributed by atoms with Crippen LogP contribution in [0, 0.1) is 18.8 Å². The zero-order valence-corrected chi connectivity index (χ0v) is 13.5. The van der Waals surface area contributed by atoms with Crippen molar-refractivity contribution >= 4 is 10.0 Å². The van der Waals surface area contributed by atoms with Gasteiger partial charge in [0, 0.05) is 23.8 Å². The smallest absolute Gasteiger partial charge is 0.260 e. The molecule has 0 saturated heterocycles. The summed E-state index contributed by atoms with van der Waals surface area (Å²) in [5.74, 6) is 1.06. The molecule has 0 atom stereocenters. The highest BCUT2D eigenvalue weighted by Crippen LogP contribution is 2.45. The summed E-state index contributed by atoms with van der Waals surface area (Å²) in [6, 6.07) is 0.110. The Hall–Kier alpha value is -0.920. The number of hydrogen-bond acceptors (Lipinski definition) is 4. The highest BCUT2D eigenvalue weighted by Gasteiger charge is 2.44. The van der Waals surface area contributed by atoms with E-state index in [1.165, 1.54) is 0 Å². The lowest BCUT2D eigenvalue weighted by Gasteiger charge is -2.17. The number of sulfonamides is 1. The minimum atomic E-state index is -3.54. The molecular weight excluding hydrogens is 288 g/mol. The van der Waals surface area contributed by atoms with Gasteiger partial charge in [0.05, 0.1) is 0 Å². The molecule has 0 unspecified atom stereocenters. The predicted octanol–water partition coefficient (Wildman–Crippen LogP) is 1.29. The van der Waals surface area contributed by atoms with Crippen LogP contribution in [0.15, 0.2) is 5.03 Å². The molecule has 0 aliphatic heterocycles. The zero-order chi connectivity index (χ0) is 15.0. The first-order valence-corrected chi connectivity index (χ1v) is 9.28. The number of aromatic amines is 1. The van der Waals surface area contributed by atoms with Gasteiger partial charge in [0.15, 0.2) is 5.03 Å². The summed E-state index contributed by atoms with van der Waals surface area (Å²) in [5.41, 5.74) is 1.56. The van der Waals surface area contributed by atoms with Crippen LogP contribution in [0.3, 0.4) is 0 Å². The van der Waals surface area contributed by atoms with E-state index < -0.39 is 10.0 Å². The summed E-state index contributed by atoms with van der Waals surface area (Å²) >= 11 is 0. The van der Waals surface area contributed by atoms with E-state index in [2.05, 4.69) is 20.2 Å². The number of nitrogens with zero attached hydrogens (tertiary/aromatic N) is 1. The SMILES string of the molecule is CCNCc1c(S(=O)(=O)NC(C2CC2)C2CC2)n[nH]c1C. The van der Waals surface area contributed by atoms with E-state index in [1.807, 2.05) is 13.8 Å².